The van der Waals surface area contributed by atoms with Crippen LogP contribution in [0.2, 0.25) is 0 Å². The van der Waals surface area contributed by atoms with Crippen LogP contribution in [0.15, 0.2) is 14.7 Å². The second-order valence-electron chi connectivity index (χ2n) is 3.25. The molecule has 0 unspecified atom stereocenters. The van der Waals surface area contributed by atoms with Crippen molar-refractivity contribution in [1.29, 1.82) is 0 Å². The van der Waals surface area contributed by atoms with Gasteiger partial charge in [0.15, 0.2) is 0 Å². The highest BCUT2D eigenvalue weighted by molar-refractivity contribution is 9.10. The quantitative estimate of drug-likeness (QED) is 0.871. The monoisotopic (exact) mass is 348 g/mol. The molecule has 1 atom stereocenters. The van der Waals surface area contributed by atoms with Crippen molar-refractivity contribution in [3.63, 3.8) is 0 Å². The molecule has 1 heterocycles. The molecule has 0 bridgehead atoms. The van der Waals surface area contributed by atoms with E-state index in [0.717, 1.165) is 4.88 Å². The summed E-state index contributed by atoms with van der Waals surface area (Å²) < 4.78 is 27.1. The minimum absolute atomic E-state index is 0. The first-order valence-electron chi connectivity index (χ1n) is 4.35. The Hall–Kier alpha value is 0.340. The lowest BCUT2D eigenvalue weighted by Gasteiger charge is -2.10. The third-order valence-corrected chi connectivity index (χ3v) is 6.06. The molecule has 0 saturated carbocycles. The highest BCUT2D eigenvalue weighted by atomic mass is 79.9. The van der Waals surface area contributed by atoms with Crippen molar-refractivity contribution in [2.45, 2.75) is 24.1 Å². The van der Waals surface area contributed by atoms with Crippen molar-refractivity contribution in [3.05, 3.63) is 15.4 Å². The fourth-order valence-corrected chi connectivity index (χ4v) is 5.04. The van der Waals surface area contributed by atoms with Crippen LogP contribution in [0.25, 0.3) is 0 Å². The number of hydrogen-bond acceptors (Lipinski definition) is 4. The Morgan fingerprint density at radius 2 is 2.19 bits per heavy atom. The Labute approximate surface area is 114 Å². The van der Waals surface area contributed by atoms with Gasteiger partial charge in [0.05, 0.1) is 0 Å². The Morgan fingerprint density at radius 1 is 1.62 bits per heavy atom. The molecule has 3 N–H and O–H groups in total. The van der Waals surface area contributed by atoms with Crippen LogP contribution in [0.5, 0.6) is 0 Å². The number of sulfonamides is 1. The van der Waals surface area contributed by atoms with E-state index in [9.17, 15) is 8.42 Å². The number of aryl methyl sites for hydroxylation is 1. The predicted octanol–water partition coefficient (Wildman–Crippen LogP) is 1.87. The van der Waals surface area contributed by atoms with Crippen LogP contribution in [0.3, 0.4) is 0 Å². The van der Waals surface area contributed by atoms with Crippen molar-refractivity contribution in [2.24, 2.45) is 5.73 Å². The van der Waals surface area contributed by atoms with Crippen molar-refractivity contribution < 1.29 is 8.42 Å². The minimum atomic E-state index is -3.44. The van der Waals surface area contributed by atoms with Gasteiger partial charge in [0.25, 0.3) is 10.0 Å². The molecule has 0 aliphatic carbocycles. The molecule has 16 heavy (non-hydrogen) atoms. The lowest BCUT2D eigenvalue weighted by atomic mass is 10.4. The molecule has 0 fully saturated rings. The number of rotatable bonds is 4. The van der Waals surface area contributed by atoms with Crippen molar-refractivity contribution in [2.75, 3.05) is 6.54 Å². The third-order valence-electron chi connectivity index (χ3n) is 1.73. The number of hydrogen-bond donors (Lipinski definition) is 2. The molecule has 0 saturated heterocycles. The number of nitrogens with one attached hydrogen (secondary N) is 1. The maximum atomic E-state index is 11.8. The second-order valence-corrected chi connectivity index (χ2v) is 7.27. The van der Waals surface area contributed by atoms with Crippen LogP contribution in [0, 0.1) is 6.92 Å². The standard InChI is InChI=1S/C8H13BrN2O2S2.ClH/c1-5(4-10)11-15(12,13)8-7(9)3-6(2)14-8;/h3,5,11H,4,10H2,1-2H3;1H/t5-;/m1./s1. The average Bonchev–Trinajstić information content (AvgIpc) is 2.45. The van der Waals surface area contributed by atoms with E-state index >= 15 is 0 Å². The number of nitrogens with two attached hydrogens (primary N) is 1. The highest BCUT2D eigenvalue weighted by Gasteiger charge is 2.21. The first-order valence-corrected chi connectivity index (χ1v) is 7.44. The van der Waals surface area contributed by atoms with E-state index in [1.54, 1.807) is 13.0 Å². The summed E-state index contributed by atoms with van der Waals surface area (Å²) in [6.45, 7) is 3.87. The fourth-order valence-electron chi connectivity index (χ4n) is 1.01. The number of halogens is 2. The van der Waals surface area contributed by atoms with E-state index in [-0.39, 0.29) is 25.0 Å². The van der Waals surface area contributed by atoms with E-state index in [0.29, 0.717) is 8.68 Å². The zero-order valence-electron chi connectivity index (χ0n) is 8.86. The van der Waals surface area contributed by atoms with Crippen LogP contribution in [0.4, 0.5) is 0 Å². The van der Waals surface area contributed by atoms with Crippen LogP contribution in [0.1, 0.15) is 11.8 Å². The molecular formula is C8H14BrClN2O2S2. The Bertz CT molecular complexity index is 447. The van der Waals surface area contributed by atoms with Gasteiger partial charge in [-0.05, 0) is 35.8 Å². The van der Waals surface area contributed by atoms with E-state index in [4.69, 9.17) is 5.73 Å². The molecule has 0 aliphatic heterocycles. The summed E-state index contributed by atoms with van der Waals surface area (Å²) in [5.41, 5.74) is 5.37. The smallest absolute Gasteiger partial charge is 0.251 e. The summed E-state index contributed by atoms with van der Waals surface area (Å²) in [4.78, 5) is 0.947. The summed E-state index contributed by atoms with van der Waals surface area (Å²) in [6, 6.07) is 1.52. The van der Waals surface area contributed by atoms with Crippen LogP contribution in [-0.2, 0) is 10.0 Å². The van der Waals surface area contributed by atoms with Crippen LogP contribution in [-0.4, -0.2) is 21.0 Å². The fraction of sp³-hybridized carbons (Fsp3) is 0.500. The summed E-state index contributed by atoms with van der Waals surface area (Å²) in [7, 11) is -3.44. The maximum Gasteiger partial charge on any atom is 0.251 e. The first-order chi connectivity index (χ1) is 6.86. The molecule has 0 radical (unpaired) electrons. The van der Waals surface area contributed by atoms with E-state index in [2.05, 4.69) is 20.7 Å². The largest absolute Gasteiger partial charge is 0.329 e. The summed E-state index contributed by atoms with van der Waals surface area (Å²) in [6.07, 6.45) is 0. The van der Waals surface area contributed by atoms with Crippen molar-refractivity contribution >= 4 is 49.7 Å². The lowest BCUT2D eigenvalue weighted by Crippen LogP contribution is -2.37. The van der Waals surface area contributed by atoms with Gasteiger partial charge >= 0.3 is 0 Å². The second kappa shape index (κ2) is 6.32. The topological polar surface area (TPSA) is 72.2 Å². The molecule has 0 aromatic carbocycles. The summed E-state index contributed by atoms with van der Waals surface area (Å²) in [5.74, 6) is 0. The van der Waals surface area contributed by atoms with Gasteiger partial charge in [-0.1, -0.05) is 0 Å². The molecule has 1 aromatic rings. The van der Waals surface area contributed by atoms with Gasteiger partial charge in [0.1, 0.15) is 4.21 Å². The molecule has 4 nitrogen and oxygen atoms in total. The van der Waals surface area contributed by atoms with Gasteiger partial charge < -0.3 is 5.73 Å². The van der Waals surface area contributed by atoms with Gasteiger partial charge in [-0.25, -0.2) is 13.1 Å². The summed E-state index contributed by atoms with van der Waals surface area (Å²) >= 11 is 4.46. The molecule has 8 heteroatoms. The van der Waals surface area contributed by atoms with Crippen molar-refractivity contribution in [3.8, 4) is 0 Å². The van der Waals surface area contributed by atoms with Gasteiger partial charge in [0.2, 0.25) is 0 Å². The van der Waals surface area contributed by atoms with Gasteiger partial charge in [-0.3, -0.25) is 0 Å². The first kappa shape index (κ1) is 16.3. The van der Waals surface area contributed by atoms with Crippen LogP contribution >= 0.6 is 39.7 Å². The summed E-state index contributed by atoms with van der Waals surface area (Å²) in [5, 5.41) is 0. The Morgan fingerprint density at radius 3 is 2.56 bits per heavy atom. The highest BCUT2D eigenvalue weighted by Crippen LogP contribution is 2.30. The SMILES string of the molecule is Cc1cc(Br)c(S(=O)(=O)N[C@H](C)CN)s1.Cl. The van der Waals surface area contributed by atoms with Gasteiger partial charge in [0, 0.05) is 21.9 Å². The van der Waals surface area contributed by atoms with E-state index in [1.165, 1.54) is 11.3 Å². The molecule has 0 amide bonds. The zero-order chi connectivity index (χ0) is 11.6. The molecule has 0 spiro atoms. The molecule has 94 valence electrons. The maximum absolute atomic E-state index is 11.8. The third kappa shape index (κ3) is 3.97. The average molecular weight is 350 g/mol. The van der Waals surface area contributed by atoms with Gasteiger partial charge in [-0.15, -0.1) is 23.7 Å². The lowest BCUT2D eigenvalue weighted by molar-refractivity contribution is 0.564. The van der Waals surface area contributed by atoms with Crippen molar-refractivity contribution in [1.82, 2.24) is 4.72 Å². The predicted molar refractivity (Wildman–Crippen MR) is 72.8 cm³/mol. The normalized spacial score (nSPS) is 13.2. The number of thiophene rings is 1. The molecule has 0 aliphatic rings. The van der Waals surface area contributed by atoms with E-state index < -0.39 is 10.0 Å². The van der Waals surface area contributed by atoms with Crippen LogP contribution < -0.4 is 10.5 Å². The Balaban J connectivity index is 0.00000225. The molecule has 1 aromatic heterocycles. The minimum Gasteiger partial charge on any atom is -0.329 e. The molecular weight excluding hydrogens is 336 g/mol. The Kier molecular flexibility index (Phi) is 6.45. The molecule has 1 rings (SSSR count). The van der Waals surface area contributed by atoms with E-state index in [1.807, 2.05) is 6.92 Å². The zero-order valence-corrected chi connectivity index (χ0v) is 12.9. The van der Waals surface area contributed by atoms with Gasteiger partial charge in [-0.2, -0.15) is 0 Å².